The molecule has 0 aromatic rings. The van der Waals surface area contributed by atoms with Crippen LogP contribution in [0.1, 0.15) is 40.0 Å². The lowest BCUT2D eigenvalue weighted by molar-refractivity contribution is -0.218. The van der Waals surface area contributed by atoms with Crippen molar-refractivity contribution in [2.24, 2.45) is 15.8 Å². The Balaban J connectivity index is 1.62. The normalized spacial score (nSPS) is 36.8. The maximum absolute atomic E-state index is 12.2. The Labute approximate surface area is 123 Å². The van der Waals surface area contributed by atoms with Gasteiger partial charge in [-0.3, -0.25) is 4.79 Å². The number of ether oxygens (including phenoxy) is 3. The number of hydrogen-bond donors (Lipinski definition) is 0. The average molecular weight is 295 g/mol. The molecular formula is C15H21NO5. The second-order valence-electron chi connectivity index (χ2n) is 7.38. The van der Waals surface area contributed by atoms with Gasteiger partial charge in [0.25, 0.3) is 0 Å². The van der Waals surface area contributed by atoms with E-state index in [-0.39, 0.29) is 29.4 Å². The summed E-state index contributed by atoms with van der Waals surface area (Å²) >= 11 is 0. The molecule has 0 spiro atoms. The number of methoxy groups -OCH3 is 1. The fraction of sp³-hybridized carbons (Fsp3) is 0.800. The summed E-state index contributed by atoms with van der Waals surface area (Å²) in [5.41, 5.74) is -0.973. The van der Waals surface area contributed by atoms with E-state index in [1.807, 2.05) is 20.8 Å². The molecule has 0 saturated heterocycles. The predicted molar refractivity (Wildman–Crippen MR) is 73.8 cm³/mol. The zero-order chi connectivity index (χ0) is 15.5. The van der Waals surface area contributed by atoms with E-state index in [9.17, 15) is 9.59 Å². The fourth-order valence-corrected chi connectivity index (χ4v) is 3.54. The van der Waals surface area contributed by atoms with Crippen LogP contribution in [0.4, 0.5) is 0 Å². The van der Waals surface area contributed by atoms with E-state index in [1.165, 1.54) is 7.11 Å². The molecule has 116 valence electrons. The summed E-state index contributed by atoms with van der Waals surface area (Å²) < 4.78 is 15.7. The van der Waals surface area contributed by atoms with Gasteiger partial charge in [0.05, 0.1) is 12.5 Å². The molecule has 1 atom stereocenters. The average Bonchev–Trinajstić information content (AvgIpc) is 2.71. The number of carbonyl (C=O) groups excluding carboxylic acids is 2. The molecule has 3 aliphatic carbocycles. The first-order chi connectivity index (χ1) is 9.70. The molecule has 1 unspecified atom stereocenters. The van der Waals surface area contributed by atoms with Crippen LogP contribution in [0.25, 0.3) is 0 Å². The van der Waals surface area contributed by atoms with Gasteiger partial charge in [-0.15, -0.1) is 0 Å². The minimum absolute atomic E-state index is 0.125. The van der Waals surface area contributed by atoms with Crippen molar-refractivity contribution in [1.82, 2.24) is 0 Å². The number of nitrogens with zero attached hydrogens (tertiary/aromatic N) is 1. The molecule has 6 nitrogen and oxygen atoms in total. The quantitative estimate of drug-likeness (QED) is 0.737. The lowest BCUT2D eigenvalue weighted by Gasteiger charge is -2.67. The van der Waals surface area contributed by atoms with Crippen LogP contribution in [0.2, 0.25) is 0 Å². The van der Waals surface area contributed by atoms with E-state index in [0.29, 0.717) is 25.2 Å². The lowest BCUT2D eigenvalue weighted by Crippen LogP contribution is -2.69. The molecule has 0 aromatic carbocycles. The third-order valence-electron chi connectivity index (χ3n) is 4.44. The highest BCUT2D eigenvalue weighted by molar-refractivity contribution is 5.96. The van der Waals surface area contributed by atoms with Gasteiger partial charge in [0.2, 0.25) is 0 Å². The molecular weight excluding hydrogens is 274 g/mol. The molecule has 2 bridgehead atoms. The van der Waals surface area contributed by atoms with Crippen molar-refractivity contribution in [2.75, 3.05) is 13.7 Å². The Hall–Kier alpha value is -1.59. The smallest absolute Gasteiger partial charge is 0.334 e. The van der Waals surface area contributed by atoms with Crippen LogP contribution in [0, 0.1) is 10.8 Å². The molecule has 4 aliphatic rings. The molecule has 1 aliphatic heterocycles. The largest absolute Gasteiger partial charge is 0.478 e. The zero-order valence-corrected chi connectivity index (χ0v) is 12.9. The van der Waals surface area contributed by atoms with E-state index >= 15 is 0 Å². The molecule has 21 heavy (non-hydrogen) atoms. The Bertz CT molecular complexity index is 511. The molecule has 0 N–H and O–H groups in total. The van der Waals surface area contributed by atoms with Crippen molar-refractivity contribution in [1.29, 1.82) is 0 Å². The Morgan fingerprint density at radius 2 is 1.90 bits per heavy atom. The molecule has 3 fully saturated rings. The van der Waals surface area contributed by atoms with Gasteiger partial charge in [-0.05, 0) is 40.0 Å². The predicted octanol–water partition coefficient (Wildman–Crippen LogP) is 1.47. The van der Waals surface area contributed by atoms with Crippen molar-refractivity contribution < 1.29 is 23.8 Å². The van der Waals surface area contributed by atoms with Crippen LogP contribution in [0.15, 0.2) is 4.99 Å². The Kier molecular flexibility index (Phi) is 2.88. The van der Waals surface area contributed by atoms with Crippen molar-refractivity contribution in [2.45, 2.75) is 51.7 Å². The summed E-state index contributed by atoms with van der Waals surface area (Å²) in [4.78, 5) is 28.0. The van der Waals surface area contributed by atoms with E-state index in [4.69, 9.17) is 9.47 Å². The molecule has 0 aromatic heterocycles. The first kappa shape index (κ1) is 14.4. The number of aliphatic imine (C=N–C) groups is 1. The van der Waals surface area contributed by atoms with Crippen LogP contribution in [0.5, 0.6) is 0 Å². The van der Waals surface area contributed by atoms with Gasteiger partial charge in [0.15, 0.2) is 11.9 Å². The number of carbonyl (C=O) groups is 2. The summed E-state index contributed by atoms with van der Waals surface area (Å²) in [5.74, 6) is 0.113. The summed E-state index contributed by atoms with van der Waals surface area (Å²) in [6.45, 7) is 5.86. The second kappa shape index (κ2) is 4.21. The maximum Gasteiger partial charge on any atom is 0.334 e. The third-order valence-corrected chi connectivity index (χ3v) is 4.44. The van der Waals surface area contributed by atoms with Crippen molar-refractivity contribution in [3.8, 4) is 0 Å². The molecule has 1 heterocycles. The maximum atomic E-state index is 12.2. The molecule has 3 saturated carbocycles. The van der Waals surface area contributed by atoms with Gasteiger partial charge in [0, 0.05) is 5.41 Å². The SMILES string of the molecule is COC(=O)C1COC(C23CC(C(=O)OC(C)(C)C)(C2)C3)=N1. The molecule has 4 rings (SSSR count). The van der Waals surface area contributed by atoms with Crippen LogP contribution in [0.3, 0.4) is 0 Å². The molecule has 0 amide bonds. The van der Waals surface area contributed by atoms with Crippen LogP contribution in [-0.4, -0.2) is 43.2 Å². The lowest BCUT2D eigenvalue weighted by atomic mass is 9.35. The van der Waals surface area contributed by atoms with E-state index < -0.39 is 11.6 Å². The third kappa shape index (κ3) is 2.12. The molecule has 0 radical (unpaired) electrons. The van der Waals surface area contributed by atoms with E-state index in [0.717, 1.165) is 0 Å². The highest BCUT2D eigenvalue weighted by atomic mass is 16.6. The van der Waals surface area contributed by atoms with Gasteiger partial charge in [-0.2, -0.15) is 0 Å². The topological polar surface area (TPSA) is 74.2 Å². The van der Waals surface area contributed by atoms with E-state index in [1.54, 1.807) is 0 Å². The van der Waals surface area contributed by atoms with Gasteiger partial charge in [-0.1, -0.05) is 0 Å². The van der Waals surface area contributed by atoms with Crippen LogP contribution < -0.4 is 0 Å². The number of hydrogen-bond acceptors (Lipinski definition) is 6. The number of esters is 2. The van der Waals surface area contributed by atoms with Crippen molar-refractivity contribution >= 4 is 17.8 Å². The first-order valence-corrected chi connectivity index (χ1v) is 7.22. The minimum atomic E-state index is -0.559. The number of rotatable bonds is 3. The minimum Gasteiger partial charge on any atom is -0.478 e. The van der Waals surface area contributed by atoms with Gasteiger partial charge >= 0.3 is 11.9 Å². The highest BCUT2D eigenvalue weighted by Crippen LogP contribution is 2.74. The summed E-state index contributed by atoms with van der Waals surface area (Å²) in [5, 5.41) is 0. The van der Waals surface area contributed by atoms with Crippen molar-refractivity contribution in [3.63, 3.8) is 0 Å². The Morgan fingerprint density at radius 1 is 1.29 bits per heavy atom. The fourth-order valence-electron chi connectivity index (χ4n) is 3.54. The van der Waals surface area contributed by atoms with Gasteiger partial charge in [0.1, 0.15) is 12.2 Å². The van der Waals surface area contributed by atoms with E-state index in [2.05, 4.69) is 9.73 Å². The van der Waals surface area contributed by atoms with Crippen molar-refractivity contribution in [3.05, 3.63) is 0 Å². The van der Waals surface area contributed by atoms with Gasteiger partial charge < -0.3 is 14.2 Å². The first-order valence-electron chi connectivity index (χ1n) is 7.22. The standard InChI is InChI=1S/C15H21NO5/c1-13(2,3)21-12(18)15-6-14(7-15,8-15)11-16-9(5-20-11)10(17)19-4/h9H,5-8H2,1-4H3. The van der Waals surface area contributed by atoms with Gasteiger partial charge in [-0.25, -0.2) is 9.79 Å². The Morgan fingerprint density at radius 3 is 2.43 bits per heavy atom. The summed E-state index contributed by atoms with van der Waals surface area (Å²) in [6.07, 6.45) is 2.13. The molecule has 6 heteroatoms. The van der Waals surface area contributed by atoms with Crippen LogP contribution in [-0.2, 0) is 23.8 Å². The monoisotopic (exact) mass is 295 g/mol. The van der Waals surface area contributed by atoms with Crippen LogP contribution >= 0.6 is 0 Å². The summed E-state index contributed by atoms with van der Waals surface area (Å²) in [7, 11) is 1.34. The summed E-state index contributed by atoms with van der Waals surface area (Å²) in [6, 6.07) is -0.559. The highest BCUT2D eigenvalue weighted by Gasteiger charge is 2.76. The zero-order valence-electron chi connectivity index (χ0n) is 12.9. The second-order valence-corrected chi connectivity index (χ2v) is 7.38.